The molecule has 1 rings (SSSR count). The third kappa shape index (κ3) is 5.33. The van der Waals surface area contributed by atoms with Crippen LogP contribution in [-0.4, -0.2) is 58.9 Å². The maximum absolute atomic E-state index is 11.9. The Hall–Kier alpha value is -0.170. The lowest BCUT2D eigenvalue weighted by Crippen LogP contribution is -2.34. The van der Waals surface area contributed by atoms with E-state index in [9.17, 15) is 8.42 Å². The first-order chi connectivity index (χ1) is 8.06. The van der Waals surface area contributed by atoms with Gasteiger partial charge in [0.05, 0.1) is 12.4 Å². The van der Waals surface area contributed by atoms with Crippen molar-refractivity contribution in [3.63, 3.8) is 0 Å². The number of piperidine rings is 1. The van der Waals surface area contributed by atoms with Gasteiger partial charge in [0.25, 0.3) is 0 Å². The summed E-state index contributed by atoms with van der Waals surface area (Å²) >= 11 is 0. The second-order valence-electron chi connectivity index (χ2n) is 4.61. The van der Waals surface area contributed by atoms with Crippen molar-refractivity contribution in [3.8, 4) is 0 Å². The smallest absolute Gasteiger partial charge is 0.213 e. The minimum atomic E-state index is -3.10. The predicted octanol–water partition coefficient (Wildman–Crippen LogP) is 0.284. The number of rotatable bonds is 7. The minimum absolute atomic E-state index is 0.262. The summed E-state index contributed by atoms with van der Waals surface area (Å²) in [7, 11) is 0.102. The first kappa shape index (κ1) is 14.9. The second-order valence-corrected chi connectivity index (χ2v) is 6.81. The molecular weight excluding hydrogens is 240 g/mol. The zero-order chi connectivity index (χ0) is 12.7. The largest absolute Gasteiger partial charge is 0.383 e. The summed E-state index contributed by atoms with van der Waals surface area (Å²) in [6, 6.07) is 0. The van der Waals surface area contributed by atoms with Crippen LogP contribution in [0.1, 0.15) is 19.3 Å². The summed E-state index contributed by atoms with van der Waals surface area (Å²) in [5.41, 5.74) is 0. The molecule has 0 aromatic heterocycles. The Morgan fingerprint density at radius 2 is 2.00 bits per heavy atom. The van der Waals surface area contributed by atoms with E-state index in [0.717, 1.165) is 32.4 Å². The molecule has 1 heterocycles. The Morgan fingerprint density at radius 3 is 2.59 bits per heavy atom. The topological polar surface area (TPSA) is 58.6 Å². The van der Waals surface area contributed by atoms with Gasteiger partial charge in [0, 0.05) is 20.7 Å². The molecule has 0 atom stereocenters. The van der Waals surface area contributed by atoms with E-state index in [4.69, 9.17) is 4.74 Å². The van der Waals surface area contributed by atoms with Gasteiger partial charge in [0.2, 0.25) is 10.0 Å². The van der Waals surface area contributed by atoms with E-state index in [1.807, 2.05) is 0 Å². The van der Waals surface area contributed by atoms with Crippen LogP contribution >= 0.6 is 0 Å². The fraction of sp³-hybridized carbons (Fsp3) is 1.00. The molecule has 1 N–H and O–H groups in total. The zero-order valence-electron chi connectivity index (χ0n) is 10.8. The third-order valence-corrected chi connectivity index (χ3v) is 5.21. The van der Waals surface area contributed by atoms with Crippen molar-refractivity contribution in [2.45, 2.75) is 19.3 Å². The van der Waals surface area contributed by atoms with Gasteiger partial charge in [0.1, 0.15) is 0 Å². The van der Waals surface area contributed by atoms with Crippen molar-refractivity contribution < 1.29 is 13.2 Å². The fourth-order valence-electron chi connectivity index (χ4n) is 2.00. The Kier molecular flexibility index (Phi) is 6.40. The fourth-order valence-corrected chi connectivity index (χ4v) is 3.30. The van der Waals surface area contributed by atoms with Crippen LogP contribution in [0, 0.1) is 5.92 Å². The molecule has 6 heteroatoms. The molecule has 102 valence electrons. The van der Waals surface area contributed by atoms with Crippen LogP contribution in [0.25, 0.3) is 0 Å². The molecule has 0 aromatic rings. The second kappa shape index (κ2) is 7.31. The molecular formula is C11H24N2O3S. The Bertz CT molecular complexity index is 300. The van der Waals surface area contributed by atoms with Crippen LogP contribution in [-0.2, 0) is 14.8 Å². The monoisotopic (exact) mass is 264 g/mol. The van der Waals surface area contributed by atoms with Crippen LogP contribution in [0.4, 0.5) is 0 Å². The van der Waals surface area contributed by atoms with Crippen molar-refractivity contribution in [3.05, 3.63) is 0 Å². The molecule has 0 aliphatic carbocycles. The van der Waals surface area contributed by atoms with Crippen LogP contribution in [0.2, 0.25) is 0 Å². The minimum Gasteiger partial charge on any atom is -0.383 e. The SMILES string of the molecule is COCCN(C)S(=O)(=O)CCC1CCNCC1. The highest BCUT2D eigenvalue weighted by atomic mass is 32.2. The molecule has 1 aliphatic heterocycles. The zero-order valence-corrected chi connectivity index (χ0v) is 11.6. The number of methoxy groups -OCH3 is 1. The van der Waals surface area contributed by atoms with Crippen LogP contribution in [0.15, 0.2) is 0 Å². The van der Waals surface area contributed by atoms with Gasteiger partial charge in [-0.15, -0.1) is 0 Å². The molecule has 0 saturated carbocycles. The molecule has 0 aromatic carbocycles. The molecule has 0 bridgehead atoms. The van der Waals surface area contributed by atoms with Crippen molar-refractivity contribution >= 4 is 10.0 Å². The van der Waals surface area contributed by atoms with Gasteiger partial charge < -0.3 is 10.1 Å². The average Bonchev–Trinajstić information content (AvgIpc) is 2.35. The molecule has 17 heavy (non-hydrogen) atoms. The molecule has 0 radical (unpaired) electrons. The molecule has 0 amide bonds. The molecule has 1 aliphatic rings. The summed E-state index contributed by atoms with van der Waals surface area (Å²) in [6.07, 6.45) is 2.97. The Balaban J connectivity index is 2.32. The van der Waals surface area contributed by atoms with Gasteiger partial charge >= 0.3 is 0 Å². The first-order valence-corrected chi connectivity index (χ1v) is 7.81. The number of likely N-dealkylation sites (N-methyl/N-ethyl adjacent to an activating group) is 1. The number of hydrogen-bond acceptors (Lipinski definition) is 4. The van der Waals surface area contributed by atoms with Crippen molar-refractivity contribution in [2.75, 3.05) is 46.2 Å². The van der Waals surface area contributed by atoms with Crippen molar-refractivity contribution in [2.24, 2.45) is 5.92 Å². The van der Waals surface area contributed by atoms with E-state index >= 15 is 0 Å². The summed E-state index contributed by atoms with van der Waals surface area (Å²) in [5.74, 6) is 0.819. The summed E-state index contributed by atoms with van der Waals surface area (Å²) in [4.78, 5) is 0. The quantitative estimate of drug-likeness (QED) is 0.718. The lowest BCUT2D eigenvalue weighted by atomic mass is 9.96. The lowest BCUT2D eigenvalue weighted by molar-refractivity contribution is 0.185. The Morgan fingerprint density at radius 1 is 1.35 bits per heavy atom. The van der Waals surface area contributed by atoms with Gasteiger partial charge in [-0.2, -0.15) is 0 Å². The average molecular weight is 264 g/mol. The predicted molar refractivity (Wildman–Crippen MR) is 68.5 cm³/mol. The van der Waals surface area contributed by atoms with E-state index in [1.54, 1.807) is 14.2 Å². The number of nitrogens with one attached hydrogen (secondary N) is 1. The van der Waals surface area contributed by atoms with Crippen LogP contribution < -0.4 is 5.32 Å². The molecule has 5 nitrogen and oxygen atoms in total. The molecule has 1 saturated heterocycles. The van der Waals surface area contributed by atoms with Crippen molar-refractivity contribution in [1.82, 2.24) is 9.62 Å². The van der Waals surface area contributed by atoms with Gasteiger partial charge in [0.15, 0.2) is 0 Å². The molecule has 0 spiro atoms. The summed E-state index contributed by atoms with van der Waals surface area (Å²) in [6.45, 7) is 2.92. The number of ether oxygens (including phenoxy) is 1. The highest BCUT2D eigenvalue weighted by Crippen LogP contribution is 2.17. The summed E-state index contributed by atoms with van der Waals surface area (Å²) < 4.78 is 30.2. The van der Waals surface area contributed by atoms with E-state index in [1.165, 1.54) is 4.31 Å². The molecule has 1 fully saturated rings. The van der Waals surface area contributed by atoms with Crippen LogP contribution in [0.3, 0.4) is 0 Å². The van der Waals surface area contributed by atoms with Crippen LogP contribution in [0.5, 0.6) is 0 Å². The van der Waals surface area contributed by atoms with Gasteiger partial charge in [-0.3, -0.25) is 0 Å². The van der Waals surface area contributed by atoms with Gasteiger partial charge in [-0.05, 0) is 38.3 Å². The Labute approximate surface area is 105 Å². The summed E-state index contributed by atoms with van der Waals surface area (Å²) in [5, 5.41) is 3.29. The highest BCUT2D eigenvalue weighted by molar-refractivity contribution is 7.89. The highest BCUT2D eigenvalue weighted by Gasteiger charge is 2.21. The third-order valence-electron chi connectivity index (χ3n) is 3.33. The van der Waals surface area contributed by atoms with E-state index in [-0.39, 0.29) is 5.75 Å². The van der Waals surface area contributed by atoms with E-state index in [0.29, 0.717) is 19.1 Å². The maximum atomic E-state index is 11.9. The lowest BCUT2D eigenvalue weighted by Gasteiger charge is -2.23. The van der Waals surface area contributed by atoms with Gasteiger partial charge in [-0.25, -0.2) is 12.7 Å². The standard InChI is InChI=1S/C11H24N2O3S/c1-13(8-9-16-2)17(14,15)10-5-11-3-6-12-7-4-11/h11-12H,3-10H2,1-2H3. The maximum Gasteiger partial charge on any atom is 0.213 e. The van der Waals surface area contributed by atoms with Crippen molar-refractivity contribution in [1.29, 1.82) is 0 Å². The molecule has 0 unspecified atom stereocenters. The van der Waals surface area contributed by atoms with E-state index < -0.39 is 10.0 Å². The van der Waals surface area contributed by atoms with Gasteiger partial charge in [-0.1, -0.05) is 0 Å². The normalized spacial score (nSPS) is 18.8. The number of sulfonamides is 1. The number of nitrogens with zero attached hydrogens (tertiary/aromatic N) is 1. The van der Waals surface area contributed by atoms with E-state index in [2.05, 4.69) is 5.32 Å². The first-order valence-electron chi connectivity index (χ1n) is 6.20. The number of hydrogen-bond donors (Lipinski definition) is 1.